The van der Waals surface area contributed by atoms with Gasteiger partial charge in [-0.25, -0.2) is 0 Å². The molecule has 1 aliphatic rings. The summed E-state index contributed by atoms with van der Waals surface area (Å²) in [5.41, 5.74) is 7.32. The smallest absolute Gasteiger partial charge is 0.0871 e. The summed E-state index contributed by atoms with van der Waals surface area (Å²) in [6, 6.07) is -0.0619. The van der Waals surface area contributed by atoms with Crippen molar-refractivity contribution in [1.82, 2.24) is 9.78 Å². The minimum Gasteiger partial charge on any atom is -0.376 e. The van der Waals surface area contributed by atoms with Crippen LogP contribution in [0.5, 0.6) is 0 Å². The molecule has 1 unspecified atom stereocenters. The van der Waals surface area contributed by atoms with E-state index in [-0.39, 0.29) is 11.6 Å². The van der Waals surface area contributed by atoms with Crippen molar-refractivity contribution in [3.8, 4) is 0 Å². The first-order chi connectivity index (χ1) is 8.22. The first kappa shape index (κ1) is 12.6. The zero-order valence-corrected chi connectivity index (χ0v) is 10.9. The summed E-state index contributed by atoms with van der Waals surface area (Å²) in [4.78, 5) is 0. The van der Waals surface area contributed by atoms with Gasteiger partial charge in [0.15, 0.2) is 0 Å². The topological polar surface area (TPSA) is 53.1 Å². The van der Waals surface area contributed by atoms with Crippen molar-refractivity contribution < 1.29 is 4.74 Å². The normalized spacial score (nSPS) is 21.4. The Kier molecular flexibility index (Phi) is 3.84. The van der Waals surface area contributed by atoms with Crippen LogP contribution in [0.15, 0.2) is 12.4 Å². The summed E-state index contributed by atoms with van der Waals surface area (Å²) in [5, 5.41) is 4.30. The molecule has 2 N–H and O–H groups in total. The van der Waals surface area contributed by atoms with Crippen LogP contribution in [-0.4, -0.2) is 22.5 Å². The van der Waals surface area contributed by atoms with Crippen molar-refractivity contribution in [2.75, 3.05) is 7.11 Å². The molecule has 4 heteroatoms. The van der Waals surface area contributed by atoms with Crippen LogP contribution in [0.25, 0.3) is 0 Å². The van der Waals surface area contributed by atoms with Gasteiger partial charge in [0.25, 0.3) is 0 Å². The van der Waals surface area contributed by atoms with Gasteiger partial charge in [0, 0.05) is 25.4 Å². The predicted molar refractivity (Wildman–Crippen MR) is 67.7 cm³/mol. The quantitative estimate of drug-likeness (QED) is 0.874. The monoisotopic (exact) mass is 237 g/mol. The Morgan fingerprint density at radius 3 is 2.71 bits per heavy atom. The lowest BCUT2D eigenvalue weighted by Crippen LogP contribution is -2.44. The highest BCUT2D eigenvalue weighted by atomic mass is 16.5. The molecule has 1 saturated carbocycles. The molecule has 96 valence electrons. The minimum atomic E-state index is -0.181. The van der Waals surface area contributed by atoms with Crippen LogP contribution in [0.3, 0.4) is 0 Å². The van der Waals surface area contributed by atoms with Gasteiger partial charge in [-0.05, 0) is 19.8 Å². The number of methoxy groups -OCH3 is 1. The molecule has 2 rings (SSSR count). The van der Waals surface area contributed by atoms with Crippen LogP contribution in [0.4, 0.5) is 0 Å². The summed E-state index contributed by atoms with van der Waals surface area (Å²) < 4.78 is 7.69. The van der Waals surface area contributed by atoms with Gasteiger partial charge < -0.3 is 10.5 Å². The molecular formula is C13H23N3O. The number of nitrogens with zero attached hydrogens (tertiary/aromatic N) is 2. The zero-order chi connectivity index (χ0) is 12.3. The first-order valence-corrected chi connectivity index (χ1v) is 6.55. The molecule has 1 aromatic heterocycles. The van der Waals surface area contributed by atoms with Crippen molar-refractivity contribution in [3.63, 3.8) is 0 Å². The van der Waals surface area contributed by atoms with Crippen molar-refractivity contribution in [3.05, 3.63) is 18.0 Å². The van der Waals surface area contributed by atoms with Gasteiger partial charge in [0.2, 0.25) is 0 Å². The van der Waals surface area contributed by atoms with E-state index in [1.807, 2.05) is 17.1 Å². The highest BCUT2D eigenvalue weighted by Crippen LogP contribution is 2.39. The fourth-order valence-corrected chi connectivity index (χ4v) is 2.81. The van der Waals surface area contributed by atoms with Gasteiger partial charge in [0.05, 0.1) is 17.8 Å². The highest BCUT2D eigenvalue weighted by Gasteiger charge is 2.39. The second-order valence-electron chi connectivity index (χ2n) is 4.94. The van der Waals surface area contributed by atoms with E-state index in [2.05, 4.69) is 12.0 Å². The van der Waals surface area contributed by atoms with E-state index in [1.165, 1.54) is 19.3 Å². The van der Waals surface area contributed by atoms with Crippen molar-refractivity contribution in [1.29, 1.82) is 0 Å². The van der Waals surface area contributed by atoms with E-state index in [0.717, 1.165) is 24.9 Å². The number of aryl methyl sites for hydroxylation is 1. The average molecular weight is 237 g/mol. The third-order valence-corrected chi connectivity index (χ3v) is 4.01. The van der Waals surface area contributed by atoms with Gasteiger partial charge in [-0.15, -0.1) is 0 Å². The van der Waals surface area contributed by atoms with E-state index in [1.54, 1.807) is 7.11 Å². The fraction of sp³-hybridized carbons (Fsp3) is 0.769. The zero-order valence-electron chi connectivity index (χ0n) is 10.9. The van der Waals surface area contributed by atoms with E-state index in [0.29, 0.717) is 0 Å². The third kappa shape index (κ3) is 2.38. The standard InChI is InChI=1S/C13H23N3O/c1-3-16-10-11(9-15-16)12(14)13(17-2)7-5-4-6-8-13/h9-10,12H,3-8,14H2,1-2H3. The summed E-state index contributed by atoms with van der Waals surface area (Å²) in [7, 11) is 1.79. The number of aromatic nitrogens is 2. The maximum Gasteiger partial charge on any atom is 0.0871 e. The summed E-state index contributed by atoms with van der Waals surface area (Å²) in [6.07, 6.45) is 9.76. The van der Waals surface area contributed by atoms with Crippen LogP contribution >= 0.6 is 0 Å². The Labute approximate surface area is 103 Å². The predicted octanol–water partition coefficient (Wildman–Crippen LogP) is 2.25. The van der Waals surface area contributed by atoms with E-state index in [4.69, 9.17) is 10.5 Å². The minimum absolute atomic E-state index is 0.0619. The molecule has 0 saturated heterocycles. The molecule has 0 aliphatic heterocycles. The summed E-state index contributed by atoms with van der Waals surface area (Å²) in [5.74, 6) is 0. The molecule has 17 heavy (non-hydrogen) atoms. The van der Waals surface area contributed by atoms with E-state index < -0.39 is 0 Å². The van der Waals surface area contributed by atoms with Crippen LogP contribution in [0.2, 0.25) is 0 Å². The average Bonchev–Trinajstić information content (AvgIpc) is 2.87. The Morgan fingerprint density at radius 1 is 1.47 bits per heavy atom. The highest BCUT2D eigenvalue weighted by molar-refractivity contribution is 5.16. The number of rotatable bonds is 4. The Balaban J connectivity index is 2.18. The Hall–Kier alpha value is -0.870. The molecule has 0 spiro atoms. The van der Waals surface area contributed by atoms with Crippen LogP contribution in [-0.2, 0) is 11.3 Å². The van der Waals surface area contributed by atoms with Crippen molar-refractivity contribution in [2.24, 2.45) is 5.73 Å². The van der Waals surface area contributed by atoms with Crippen molar-refractivity contribution >= 4 is 0 Å². The summed E-state index contributed by atoms with van der Waals surface area (Å²) >= 11 is 0. The molecule has 0 radical (unpaired) electrons. The second kappa shape index (κ2) is 5.19. The van der Waals surface area contributed by atoms with E-state index >= 15 is 0 Å². The Bertz CT molecular complexity index is 355. The van der Waals surface area contributed by atoms with Gasteiger partial charge in [-0.2, -0.15) is 5.10 Å². The molecule has 0 aromatic carbocycles. The van der Waals surface area contributed by atoms with Gasteiger partial charge in [-0.1, -0.05) is 19.3 Å². The fourth-order valence-electron chi connectivity index (χ4n) is 2.81. The van der Waals surface area contributed by atoms with Gasteiger partial charge in [-0.3, -0.25) is 4.68 Å². The number of hydrogen-bond acceptors (Lipinski definition) is 3. The lowest BCUT2D eigenvalue weighted by atomic mass is 9.77. The molecule has 1 aromatic rings. The lowest BCUT2D eigenvalue weighted by Gasteiger charge is -2.40. The van der Waals surface area contributed by atoms with Crippen LogP contribution in [0, 0.1) is 0 Å². The molecule has 0 amide bonds. The number of hydrogen-bond donors (Lipinski definition) is 1. The largest absolute Gasteiger partial charge is 0.376 e. The van der Waals surface area contributed by atoms with Crippen LogP contribution < -0.4 is 5.73 Å². The maximum atomic E-state index is 6.40. The molecule has 1 fully saturated rings. The SMILES string of the molecule is CCn1cc(C(N)C2(OC)CCCCC2)cn1. The van der Waals surface area contributed by atoms with Crippen LogP contribution in [0.1, 0.15) is 50.6 Å². The van der Waals surface area contributed by atoms with Gasteiger partial charge >= 0.3 is 0 Å². The van der Waals surface area contributed by atoms with Crippen molar-refractivity contribution in [2.45, 2.75) is 57.2 Å². The molecule has 0 bridgehead atoms. The summed E-state index contributed by atoms with van der Waals surface area (Å²) in [6.45, 7) is 2.96. The number of nitrogens with two attached hydrogens (primary N) is 1. The molecule has 1 heterocycles. The molecule has 1 atom stereocenters. The van der Waals surface area contributed by atoms with Gasteiger partial charge in [0.1, 0.15) is 0 Å². The molecular weight excluding hydrogens is 214 g/mol. The maximum absolute atomic E-state index is 6.40. The van der Waals surface area contributed by atoms with E-state index in [9.17, 15) is 0 Å². The second-order valence-corrected chi connectivity index (χ2v) is 4.94. The first-order valence-electron chi connectivity index (χ1n) is 6.55. The molecule has 4 nitrogen and oxygen atoms in total. The molecule has 1 aliphatic carbocycles. The Morgan fingerprint density at radius 2 is 2.18 bits per heavy atom. The lowest BCUT2D eigenvalue weighted by molar-refractivity contribution is -0.0595. The third-order valence-electron chi connectivity index (χ3n) is 4.01. The number of ether oxygens (including phenoxy) is 1.